The van der Waals surface area contributed by atoms with Crippen molar-refractivity contribution >= 4 is 15.7 Å². The van der Waals surface area contributed by atoms with E-state index in [2.05, 4.69) is 0 Å². The summed E-state index contributed by atoms with van der Waals surface area (Å²) in [4.78, 5) is 0.344. The van der Waals surface area contributed by atoms with Crippen molar-refractivity contribution in [2.45, 2.75) is 44.0 Å². The molecule has 0 radical (unpaired) electrons. The fourth-order valence-electron chi connectivity index (χ4n) is 2.70. The summed E-state index contributed by atoms with van der Waals surface area (Å²) in [6, 6.07) is 3.54. The molecule has 2 rings (SSSR count). The van der Waals surface area contributed by atoms with Crippen molar-refractivity contribution in [2.75, 3.05) is 26.0 Å². The van der Waals surface area contributed by atoms with Crippen LogP contribution in [0.2, 0.25) is 0 Å². The number of likely N-dealkylation sites (N-methyl/N-ethyl adjacent to an activating group) is 1. The lowest BCUT2D eigenvalue weighted by molar-refractivity contribution is 0.181. The summed E-state index contributed by atoms with van der Waals surface area (Å²) >= 11 is 0. The first-order valence-electron chi connectivity index (χ1n) is 7.38. The number of nitrogens with zero attached hydrogens (tertiary/aromatic N) is 1. The van der Waals surface area contributed by atoms with E-state index in [0.717, 1.165) is 18.4 Å². The molecule has 1 aromatic rings. The lowest BCUT2D eigenvalue weighted by atomic mass is 10.1. The largest absolute Gasteiger partial charge is 0.398 e. The second-order valence-electron chi connectivity index (χ2n) is 5.41. The Balaban J connectivity index is 2.49. The van der Waals surface area contributed by atoms with Crippen molar-refractivity contribution in [3.05, 3.63) is 23.3 Å². The van der Waals surface area contributed by atoms with Crippen molar-refractivity contribution in [3.63, 3.8) is 0 Å². The van der Waals surface area contributed by atoms with Crippen LogP contribution in [0.1, 0.15) is 31.4 Å². The van der Waals surface area contributed by atoms with Gasteiger partial charge >= 0.3 is 0 Å². The van der Waals surface area contributed by atoms with Gasteiger partial charge in [-0.2, -0.15) is 4.31 Å². The van der Waals surface area contributed by atoms with E-state index in [1.807, 2.05) is 19.9 Å². The van der Waals surface area contributed by atoms with E-state index < -0.39 is 10.0 Å². The molecule has 21 heavy (non-hydrogen) atoms. The summed E-state index contributed by atoms with van der Waals surface area (Å²) in [5, 5.41) is 0. The Morgan fingerprint density at radius 3 is 2.57 bits per heavy atom. The van der Waals surface area contributed by atoms with Crippen LogP contribution in [0, 0.1) is 0 Å². The molecule has 0 saturated carbocycles. The molecule has 0 aromatic heterocycles. The summed E-state index contributed by atoms with van der Waals surface area (Å²) in [6.45, 7) is 4.99. The van der Waals surface area contributed by atoms with E-state index in [9.17, 15) is 8.42 Å². The molecule has 1 heterocycles. The van der Waals surface area contributed by atoms with Crippen LogP contribution in [0.5, 0.6) is 0 Å². The van der Waals surface area contributed by atoms with Crippen LogP contribution >= 0.6 is 0 Å². The van der Waals surface area contributed by atoms with Crippen LogP contribution in [-0.4, -0.2) is 39.0 Å². The van der Waals surface area contributed by atoms with E-state index in [-0.39, 0.29) is 6.04 Å². The van der Waals surface area contributed by atoms with Gasteiger partial charge in [-0.25, -0.2) is 8.42 Å². The molecule has 5 nitrogen and oxygen atoms in total. The van der Waals surface area contributed by atoms with Crippen molar-refractivity contribution < 1.29 is 13.2 Å². The zero-order valence-electron chi connectivity index (χ0n) is 12.9. The standard InChI is InChI=1S/C15H24N2O3S/c1-4-11-8-14(16)13(5-2)15(9-11)21(18,19)17(3)12-6-7-20-10-12/h8-9,12H,4-7,10,16H2,1-3H3. The minimum absolute atomic E-state index is 0.0915. The number of hydrogen-bond donors (Lipinski definition) is 1. The second kappa shape index (κ2) is 6.34. The van der Waals surface area contributed by atoms with Gasteiger partial charge in [0.15, 0.2) is 0 Å². The van der Waals surface area contributed by atoms with Gasteiger partial charge in [-0.3, -0.25) is 0 Å². The van der Waals surface area contributed by atoms with E-state index in [0.29, 0.717) is 35.8 Å². The molecule has 1 aliphatic rings. The maximum atomic E-state index is 12.9. The van der Waals surface area contributed by atoms with Gasteiger partial charge in [0.2, 0.25) is 10.0 Å². The first kappa shape index (κ1) is 16.3. The van der Waals surface area contributed by atoms with Crippen molar-refractivity contribution in [1.82, 2.24) is 4.31 Å². The Bertz CT molecular complexity index is 608. The van der Waals surface area contributed by atoms with Crippen LogP contribution in [0.4, 0.5) is 5.69 Å². The molecule has 1 fully saturated rings. The molecule has 1 unspecified atom stereocenters. The molecule has 0 amide bonds. The predicted molar refractivity (Wildman–Crippen MR) is 83.8 cm³/mol. The number of benzene rings is 1. The maximum absolute atomic E-state index is 12.9. The van der Waals surface area contributed by atoms with Crippen LogP contribution in [0.3, 0.4) is 0 Å². The molecule has 1 aliphatic heterocycles. The summed E-state index contributed by atoms with van der Waals surface area (Å²) < 4.78 is 32.6. The molecule has 1 atom stereocenters. The number of anilines is 1. The van der Waals surface area contributed by atoms with Gasteiger partial charge in [0.25, 0.3) is 0 Å². The van der Waals surface area contributed by atoms with E-state index in [4.69, 9.17) is 10.5 Å². The highest BCUT2D eigenvalue weighted by molar-refractivity contribution is 7.89. The molecule has 6 heteroatoms. The van der Waals surface area contributed by atoms with Gasteiger partial charge in [0, 0.05) is 19.3 Å². The Hall–Kier alpha value is -1.11. The van der Waals surface area contributed by atoms with Gasteiger partial charge in [0.1, 0.15) is 0 Å². The normalized spacial score (nSPS) is 19.3. The van der Waals surface area contributed by atoms with Gasteiger partial charge < -0.3 is 10.5 Å². The fourth-order valence-corrected chi connectivity index (χ4v) is 4.44. The molecule has 0 aliphatic carbocycles. The van der Waals surface area contributed by atoms with Crippen LogP contribution in [0.25, 0.3) is 0 Å². The highest BCUT2D eigenvalue weighted by Gasteiger charge is 2.32. The molecule has 1 saturated heterocycles. The molecule has 0 bridgehead atoms. The highest BCUT2D eigenvalue weighted by atomic mass is 32.2. The van der Waals surface area contributed by atoms with Crippen LogP contribution in [0.15, 0.2) is 17.0 Å². The summed E-state index contributed by atoms with van der Waals surface area (Å²) in [7, 11) is -1.92. The zero-order chi connectivity index (χ0) is 15.6. The lowest BCUT2D eigenvalue weighted by Gasteiger charge is -2.24. The average molecular weight is 312 g/mol. The molecule has 118 valence electrons. The predicted octanol–water partition coefficient (Wildman–Crippen LogP) is 1.80. The number of nitrogens with two attached hydrogens (primary N) is 1. The maximum Gasteiger partial charge on any atom is 0.243 e. The first-order valence-corrected chi connectivity index (χ1v) is 8.82. The van der Waals surface area contributed by atoms with E-state index in [1.54, 1.807) is 13.1 Å². The third-order valence-electron chi connectivity index (χ3n) is 4.14. The number of hydrogen-bond acceptors (Lipinski definition) is 4. The van der Waals surface area contributed by atoms with Crippen molar-refractivity contribution in [3.8, 4) is 0 Å². The van der Waals surface area contributed by atoms with E-state index >= 15 is 0 Å². The fraction of sp³-hybridized carbons (Fsp3) is 0.600. The Morgan fingerprint density at radius 1 is 1.33 bits per heavy atom. The zero-order valence-corrected chi connectivity index (χ0v) is 13.7. The number of sulfonamides is 1. The number of ether oxygens (including phenoxy) is 1. The van der Waals surface area contributed by atoms with Gasteiger partial charge in [-0.15, -0.1) is 0 Å². The van der Waals surface area contributed by atoms with Crippen LogP contribution in [-0.2, 0) is 27.6 Å². The van der Waals surface area contributed by atoms with Gasteiger partial charge in [0.05, 0.1) is 17.5 Å². The average Bonchev–Trinajstić information content (AvgIpc) is 2.99. The second-order valence-corrected chi connectivity index (χ2v) is 7.37. The molecule has 0 spiro atoms. The highest BCUT2D eigenvalue weighted by Crippen LogP contribution is 2.29. The van der Waals surface area contributed by atoms with Gasteiger partial charge in [-0.1, -0.05) is 13.8 Å². The molecule has 2 N–H and O–H groups in total. The number of aryl methyl sites for hydroxylation is 1. The first-order chi connectivity index (χ1) is 9.91. The third-order valence-corrected chi connectivity index (χ3v) is 6.12. The smallest absolute Gasteiger partial charge is 0.243 e. The molecular weight excluding hydrogens is 288 g/mol. The monoisotopic (exact) mass is 312 g/mol. The summed E-state index contributed by atoms with van der Waals surface area (Å²) in [5.41, 5.74) is 8.26. The Kier molecular flexibility index (Phi) is 4.91. The van der Waals surface area contributed by atoms with Crippen LogP contribution < -0.4 is 5.73 Å². The lowest BCUT2D eigenvalue weighted by Crippen LogP contribution is -2.37. The summed E-state index contributed by atoms with van der Waals surface area (Å²) in [6.07, 6.45) is 2.09. The number of nitrogen functional groups attached to an aromatic ring is 1. The third kappa shape index (κ3) is 3.07. The molecular formula is C15H24N2O3S. The number of rotatable bonds is 5. The van der Waals surface area contributed by atoms with Crippen molar-refractivity contribution in [2.24, 2.45) is 0 Å². The summed E-state index contributed by atoms with van der Waals surface area (Å²) in [5.74, 6) is 0. The Labute approximate surface area is 127 Å². The topological polar surface area (TPSA) is 72.6 Å². The quantitative estimate of drug-likeness (QED) is 0.842. The van der Waals surface area contributed by atoms with Gasteiger partial charge in [-0.05, 0) is 42.5 Å². The minimum Gasteiger partial charge on any atom is -0.398 e. The molecule has 1 aromatic carbocycles. The Morgan fingerprint density at radius 2 is 2.05 bits per heavy atom. The van der Waals surface area contributed by atoms with E-state index in [1.165, 1.54) is 4.31 Å². The van der Waals surface area contributed by atoms with Crippen molar-refractivity contribution in [1.29, 1.82) is 0 Å². The SMILES string of the molecule is CCc1cc(N)c(CC)c(S(=O)(=O)N(C)C2CCOC2)c1. The minimum atomic E-state index is -3.55.